The largest absolute Gasteiger partial charge is 0.342 e. The quantitative estimate of drug-likeness (QED) is 0.792. The minimum atomic E-state index is 0.786. The average molecular weight is 201 g/mol. The molecule has 0 amide bonds. The number of nitrogens with zero attached hydrogens (tertiary/aromatic N) is 1. The van der Waals surface area contributed by atoms with Crippen molar-refractivity contribution in [1.82, 2.24) is 15.3 Å². The SMILES string of the molecule is c1ccc2[nH]c(CCNC3CC3)nc2c1. The first-order valence-corrected chi connectivity index (χ1v) is 5.59. The van der Waals surface area contributed by atoms with Gasteiger partial charge < -0.3 is 10.3 Å². The number of para-hydroxylation sites is 2. The Morgan fingerprint density at radius 3 is 3.00 bits per heavy atom. The van der Waals surface area contributed by atoms with Crippen LogP contribution < -0.4 is 5.32 Å². The number of fused-ring (bicyclic) bond motifs is 1. The minimum Gasteiger partial charge on any atom is -0.342 e. The predicted octanol–water partition coefficient (Wildman–Crippen LogP) is 1.86. The second kappa shape index (κ2) is 3.66. The van der Waals surface area contributed by atoms with Crippen molar-refractivity contribution in [2.24, 2.45) is 0 Å². The number of hydrogen-bond acceptors (Lipinski definition) is 2. The maximum Gasteiger partial charge on any atom is 0.108 e. The topological polar surface area (TPSA) is 40.7 Å². The third kappa shape index (κ3) is 2.02. The highest BCUT2D eigenvalue weighted by Crippen LogP contribution is 2.18. The van der Waals surface area contributed by atoms with Crippen molar-refractivity contribution < 1.29 is 0 Å². The van der Waals surface area contributed by atoms with E-state index in [1.807, 2.05) is 18.2 Å². The molecule has 1 fully saturated rings. The van der Waals surface area contributed by atoms with Crippen LogP contribution in [0.15, 0.2) is 24.3 Å². The lowest BCUT2D eigenvalue weighted by Crippen LogP contribution is -2.19. The van der Waals surface area contributed by atoms with Crippen molar-refractivity contribution in [3.63, 3.8) is 0 Å². The van der Waals surface area contributed by atoms with E-state index in [9.17, 15) is 0 Å². The van der Waals surface area contributed by atoms with Gasteiger partial charge in [-0.2, -0.15) is 0 Å². The molecule has 1 aliphatic rings. The Hall–Kier alpha value is -1.35. The molecule has 1 heterocycles. The molecule has 0 spiro atoms. The smallest absolute Gasteiger partial charge is 0.108 e. The lowest BCUT2D eigenvalue weighted by atomic mass is 10.3. The summed E-state index contributed by atoms with van der Waals surface area (Å²) in [6.07, 6.45) is 3.69. The fourth-order valence-corrected chi connectivity index (χ4v) is 1.81. The molecule has 0 saturated heterocycles. The molecular formula is C12H15N3. The van der Waals surface area contributed by atoms with Gasteiger partial charge in [0.15, 0.2) is 0 Å². The number of aromatic nitrogens is 2. The molecule has 2 aromatic rings. The van der Waals surface area contributed by atoms with Gasteiger partial charge in [0.25, 0.3) is 0 Å². The van der Waals surface area contributed by atoms with Crippen LogP contribution in [0.2, 0.25) is 0 Å². The van der Waals surface area contributed by atoms with Crippen LogP contribution >= 0.6 is 0 Å². The summed E-state index contributed by atoms with van der Waals surface area (Å²) in [6.45, 7) is 1.03. The summed E-state index contributed by atoms with van der Waals surface area (Å²) in [5.74, 6) is 1.09. The van der Waals surface area contributed by atoms with E-state index in [2.05, 4.69) is 21.4 Å². The Labute approximate surface area is 88.9 Å². The van der Waals surface area contributed by atoms with Crippen LogP contribution in [0.3, 0.4) is 0 Å². The summed E-state index contributed by atoms with van der Waals surface area (Å²) in [4.78, 5) is 7.87. The molecule has 1 aliphatic carbocycles. The molecule has 3 heteroatoms. The van der Waals surface area contributed by atoms with Crippen molar-refractivity contribution >= 4 is 11.0 Å². The maximum atomic E-state index is 4.53. The Balaban J connectivity index is 1.68. The van der Waals surface area contributed by atoms with Gasteiger partial charge in [-0.05, 0) is 25.0 Å². The second-order valence-corrected chi connectivity index (χ2v) is 4.18. The standard InChI is InChI=1S/C12H15N3/c1-2-4-11-10(3-1)14-12(15-11)7-8-13-9-5-6-9/h1-4,9,13H,5-8H2,(H,14,15). The van der Waals surface area contributed by atoms with E-state index in [1.54, 1.807) is 0 Å². The molecule has 0 unspecified atom stereocenters. The zero-order chi connectivity index (χ0) is 10.1. The molecule has 0 bridgehead atoms. The van der Waals surface area contributed by atoms with Crippen molar-refractivity contribution in [1.29, 1.82) is 0 Å². The molecule has 78 valence electrons. The zero-order valence-corrected chi connectivity index (χ0v) is 8.66. The van der Waals surface area contributed by atoms with Crippen LogP contribution in [0, 0.1) is 0 Å². The molecule has 2 N–H and O–H groups in total. The average Bonchev–Trinajstić information content (AvgIpc) is 2.97. The summed E-state index contributed by atoms with van der Waals surface area (Å²) in [6, 6.07) is 8.96. The van der Waals surface area contributed by atoms with Crippen LogP contribution in [0.25, 0.3) is 11.0 Å². The van der Waals surface area contributed by atoms with Gasteiger partial charge in [-0.3, -0.25) is 0 Å². The van der Waals surface area contributed by atoms with E-state index in [0.29, 0.717) is 0 Å². The van der Waals surface area contributed by atoms with E-state index >= 15 is 0 Å². The van der Waals surface area contributed by atoms with Crippen LogP contribution in [-0.4, -0.2) is 22.6 Å². The summed E-state index contributed by atoms with van der Waals surface area (Å²) >= 11 is 0. The van der Waals surface area contributed by atoms with E-state index in [1.165, 1.54) is 12.8 Å². The van der Waals surface area contributed by atoms with Crippen LogP contribution in [0.5, 0.6) is 0 Å². The summed E-state index contributed by atoms with van der Waals surface area (Å²) < 4.78 is 0. The minimum absolute atomic E-state index is 0.786. The van der Waals surface area contributed by atoms with Gasteiger partial charge in [-0.25, -0.2) is 4.98 Å². The van der Waals surface area contributed by atoms with Gasteiger partial charge in [0.1, 0.15) is 5.82 Å². The predicted molar refractivity (Wildman–Crippen MR) is 60.8 cm³/mol. The number of H-pyrrole nitrogens is 1. The molecule has 0 atom stereocenters. The van der Waals surface area contributed by atoms with Crippen LogP contribution in [-0.2, 0) is 6.42 Å². The van der Waals surface area contributed by atoms with Crippen molar-refractivity contribution in [2.45, 2.75) is 25.3 Å². The first kappa shape index (κ1) is 8.92. The summed E-state index contributed by atoms with van der Waals surface area (Å²) in [5.41, 5.74) is 2.21. The van der Waals surface area contributed by atoms with Crippen molar-refractivity contribution in [3.8, 4) is 0 Å². The highest BCUT2D eigenvalue weighted by molar-refractivity contribution is 5.74. The second-order valence-electron chi connectivity index (χ2n) is 4.18. The van der Waals surface area contributed by atoms with E-state index < -0.39 is 0 Å². The number of aromatic amines is 1. The maximum absolute atomic E-state index is 4.53. The van der Waals surface area contributed by atoms with Crippen molar-refractivity contribution in [3.05, 3.63) is 30.1 Å². The molecule has 0 aliphatic heterocycles. The molecule has 0 radical (unpaired) electrons. The third-order valence-electron chi connectivity index (χ3n) is 2.81. The molecule has 3 rings (SSSR count). The Morgan fingerprint density at radius 1 is 1.33 bits per heavy atom. The first-order valence-electron chi connectivity index (χ1n) is 5.59. The van der Waals surface area contributed by atoms with Crippen molar-refractivity contribution in [2.75, 3.05) is 6.54 Å². The van der Waals surface area contributed by atoms with Gasteiger partial charge in [0, 0.05) is 19.0 Å². The van der Waals surface area contributed by atoms with E-state index in [4.69, 9.17) is 0 Å². The summed E-state index contributed by atoms with van der Waals surface area (Å²) in [7, 11) is 0. The number of nitrogens with one attached hydrogen (secondary N) is 2. The van der Waals surface area contributed by atoms with Gasteiger partial charge >= 0.3 is 0 Å². The molecule has 1 aromatic carbocycles. The van der Waals surface area contributed by atoms with Crippen LogP contribution in [0.4, 0.5) is 0 Å². The molecular weight excluding hydrogens is 186 g/mol. The van der Waals surface area contributed by atoms with Crippen LogP contribution in [0.1, 0.15) is 18.7 Å². The molecule has 15 heavy (non-hydrogen) atoms. The number of benzene rings is 1. The number of imidazole rings is 1. The Kier molecular flexibility index (Phi) is 2.18. The molecule has 1 saturated carbocycles. The third-order valence-corrected chi connectivity index (χ3v) is 2.81. The normalized spacial score (nSPS) is 16.0. The molecule has 3 nitrogen and oxygen atoms in total. The summed E-state index contributed by atoms with van der Waals surface area (Å²) in [5, 5.41) is 3.49. The Morgan fingerprint density at radius 2 is 2.20 bits per heavy atom. The number of hydrogen-bond donors (Lipinski definition) is 2. The Bertz CT molecular complexity index is 424. The highest BCUT2D eigenvalue weighted by atomic mass is 15.0. The fraction of sp³-hybridized carbons (Fsp3) is 0.417. The lowest BCUT2D eigenvalue weighted by molar-refractivity contribution is 0.670. The van der Waals surface area contributed by atoms with E-state index in [0.717, 1.165) is 35.9 Å². The lowest BCUT2D eigenvalue weighted by Gasteiger charge is -1.98. The zero-order valence-electron chi connectivity index (χ0n) is 8.66. The monoisotopic (exact) mass is 201 g/mol. The highest BCUT2D eigenvalue weighted by Gasteiger charge is 2.19. The van der Waals surface area contributed by atoms with Gasteiger partial charge in [-0.1, -0.05) is 12.1 Å². The number of rotatable bonds is 4. The van der Waals surface area contributed by atoms with Gasteiger partial charge in [-0.15, -0.1) is 0 Å². The first-order chi connectivity index (χ1) is 7.42. The fourth-order valence-electron chi connectivity index (χ4n) is 1.81. The van der Waals surface area contributed by atoms with Gasteiger partial charge in [0.05, 0.1) is 11.0 Å². The van der Waals surface area contributed by atoms with Gasteiger partial charge in [0.2, 0.25) is 0 Å². The van der Waals surface area contributed by atoms with E-state index in [-0.39, 0.29) is 0 Å². The molecule has 1 aromatic heterocycles.